The van der Waals surface area contributed by atoms with Gasteiger partial charge in [0.15, 0.2) is 0 Å². The lowest BCUT2D eigenvalue weighted by molar-refractivity contribution is -0.00275. The molecule has 0 aliphatic heterocycles. The maximum Gasteiger partial charge on any atom is 0.0453 e. The van der Waals surface area contributed by atoms with E-state index >= 15 is 0 Å². The molecule has 0 aromatic heterocycles. The fourth-order valence-electron chi connectivity index (χ4n) is 7.53. The van der Waals surface area contributed by atoms with E-state index in [0.717, 1.165) is 59.7 Å². The third kappa shape index (κ3) is 4.76. The van der Waals surface area contributed by atoms with Gasteiger partial charge in [0.05, 0.1) is 0 Å². The van der Waals surface area contributed by atoms with Gasteiger partial charge in [-0.2, -0.15) is 0 Å². The maximum atomic E-state index is 6.80. The summed E-state index contributed by atoms with van der Waals surface area (Å²) in [6.07, 6.45) is 16.8. The molecule has 0 amide bonds. The zero-order valence-electron chi connectivity index (χ0n) is 18.5. The summed E-state index contributed by atoms with van der Waals surface area (Å²) in [5.74, 6) is 12.2. The summed E-state index contributed by atoms with van der Waals surface area (Å²) in [6.45, 7) is 2.15. The van der Waals surface area contributed by atoms with Gasteiger partial charge in [0.25, 0.3) is 0 Å². The molecule has 4 bridgehead atoms. The second kappa shape index (κ2) is 9.67. The van der Waals surface area contributed by atoms with Gasteiger partial charge in [-0.15, -0.1) is 0 Å². The number of nitrogens with one attached hydrogen (secondary N) is 1. The van der Waals surface area contributed by atoms with Gasteiger partial charge in [-0.1, -0.05) is 61.6 Å². The van der Waals surface area contributed by atoms with Crippen LogP contribution in [0.2, 0.25) is 5.02 Å². The Hall–Kier alpha value is -0.970. The van der Waals surface area contributed by atoms with Crippen molar-refractivity contribution in [2.75, 3.05) is 13.1 Å². The smallest absolute Gasteiger partial charge is 0.0453 e. The predicted octanol–water partition coefficient (Wildman–Crippen LogP) is 7.18. The lowest BCUT2D eigenvalue weighted by Gasteiger charge is -2.54. The molecule has 1 aromatic rings. The normalized spacial score (nSPS) is 32.8. The number of hydrogen-bond donors (Lipinski definition) is 1. The monoisotopic (exact) mass is 423 g/mol. The Balaban J connectivity index is 1.10. The number of halogens is 1. The van der Waals surface area contributed by atoms with Gasteiger partial charge >= 0.3 is 0 Å². The first kappa shape index (κ1) is 20.9. The molecule has 6 rings (SSSR count). The predicted molar refractivity (Wildman–Crippen MR) is 127 cm³/mol. The molecule has 0 unspecified atom stereocenters. The summed E-state index contributed by atoms with van der Waals surface area (Å²) in [5.41, 5.74) is 2.50. The lowest BCUT2D eigenvalue weighted by Crippen LogP contribution is -2.43. The SMILES string of the molecule is Clc1cc(C#CCCNCCC2CCCCC2)ccc1C1C2CC3CC(C2)CC1C3. The van der Waals surface area contributed by atoms with Gasteiger partial charge in [-0.25, -0.2) is 0 Å². The molecule has 1 N–H and O–H groups in total. The minimum atomic E-state index is 0.709. The van der Waals surface area contributed by atoms with Gasteiger partial charge in [-0.3, -0.25) is 0 Å². The number of rotatable bonds is 6. The van der Waals surface area contributed by atoms with E-state index in [1.165, 1.54) is 76.2 Å². The molecule has 5 saturated carbocycles. The molecule has 0 spiro atoms. The van der Waals surface area contributed by atoms with Crippen molar-refractivity contribution in [1.82, 2.24) is 5.32 Å². The Kier molecular flexibility index (Phi) is 6.74. The third-order valence-corrected chi connectivity index (χ3v) is 9.03. The third-order valence-electron chi connectivity index (χ3n) is 8.70. The molecular formula is C28H38ClN. The zero-order valence-corrected chi connectivity index (χ0v) is 19.2. The lowest BCUT2D eigenvalue weighted by atomic mass is 9.51. The summed E-state index contributed by atoms with van der Waals surface area (Å²) in [6, 6.07) is 6.66. The maximum absolute atomic E-state index is 6.80. The molecule has 5 aliphatic rings. The molecule has 0 atom stereocenters. The van der Waals surface area contributed by atoms with E-state index in [1.807, 2.05) is 0 Å². The summed E-state index contributed by atoms with van der Waals surface area (Å²) in [4.78, 5) is 0. The van der Waals surface area contributed by atoms with Crippen LogP contribution < -0.4 is 5.32 Å². The van der Waals surface area contributed by atoms with E-state index in [0.29, 0.717) is 5.92 Å². The van der Waals surface area contributed by atoms with Crippen LogP contribution in [-0.2, 0) is 0 Å². The van der Waals surface area contributed by atoms with Gasteiger partial charge in [0, 0.05) is 23.6 Å². The summed E-state index contributed by atoms with van der Waals surface area (Å²) < 4.78 is 0. The topological polar surface area (TPSA) is 12.0 Å². The highest BCUT2D eigenvalue weighted by molar-refractivity contribution is 6.31. The molecule has 5 fully saturated rings. The molecule has 162 valence electrons. The molecule has 0 radical (unpaired) electrons. The fourth-order valence-corrected chi connectivity index (χ4v) is 7.84. The summed E-state index contributed by atoms with van der Waals surface area (Å²) in [5, 5.41) is 4.55. The molecular weight excluding hydrogens is 386 g/mol. The molecule has 1 aromatic carbocycles. The first-order valence-corrected chi connectivity index (χ1v) is 13.1. The van der Waals surface area contributed by atoms with Gasteiger partial charge in [0.2, 0.25) is 0 Å². The van der Waals surface area contributed by atoms with Crippen molar-refractivity contribution in [3.05, 3.63) is 34.3 Å². The largest absolute Gasteiger partial charge is 0.316 e. The van der Waals surface area contributed by atoms with Crippen molar-refractivity contribution < 1.29 is 0 Å². The Labute approximate surface area is 188 Å². The number of hydrogen-bond acceptors (Lipinski definition) is 1. The second-order valence-electron chi connectivity index (χ2n) is 10.8. The highest BCUT2D eigenvalue weighted by Gasteiger charge is 2.48. The molecule has 1 nitrogen and oxygen atoms in total. The van der Waals surface area contributed by atoms with Gasteiger partial charge in [0.1, 0.15) is 0 Å². The van der Waals surface area contributed by atoms with E-state index in [4.69, 9.17) is 11.6 Å². The van der Waals surface area contributed by atoms with Crippen molar-refractivity contribution >= 4 is 11.6 Å². The van der Waals surface area contributed by atoms with E-state index in [1.54, 1.807) is 0 Å². The average molecular weight is 424 g/mol. The quantitative estimate of drug-likeness (QED) is 0.377. The molecule has 0 heterocycles. The zero-order chi connectivity index (χ0) is 20.3. The van der Waals surface area contributed by atoms with Crippen LogP contribution in [0.15, 0.2) is 18.2 Å². The Morgan fingerprint density at radius 3 is 2.33 bits per heavy atom. The minimum Gasteiger partial charge on any atom is -0.316 e. The van der Waals surface area contributed by atoms with Crippen LogP contribution in [0, 0.1) is 41.4 Å². The van der Waals surface area contributed by atoms with Crippen molar-refractivity contribution in [3.63, 3.8) is 0 Å². The van der Waals surface area contributed by atoms with Crippen LogP contribution in [0.1, 0.15) is 94.1 Å². The van der Waals surface area contributed by atoms with Crippen molar-refractivity contribution in [1.29, 1.82) is 0 Å². The van der Waals surface area contributed by atoms with E-state index < -0.39 is 0 Å². The van der Waals surface area contributed by atoms with Crippen molar-refractivity contribution in [3.8, 4) is 11.8 Å². The van der Waals surface area contributed by atoms with Crippen LogP contribution >= 0.6 is 11.6 Å². The fraction of sp³-hybridized carbons (Fsp3) is 0.714. The van der Waals surface area contributed by atoms with Gasteiger partial charge in [-0.05, 0) is 98.3 Å². The minimum absolute atomic E-state index is 0.709. The molecule has 0 saturated heterocycles. The van der Waals surface area contributed by atoms with E-state index in [9.17, 15) is 0 Å². The number of benzene rings is 1. The van der Waals surface area contributed by atoms with Crippen molar-refractivity contribution in [2.24, 2.45) is 29.6 Å². The highest BCUT2D eigenvalue weighted by Crippen LogP contribution is 2.60. The Bertz CT molecular complexity index is 754. The first-order valence-electron chi connectivity index (χ1n) is 12.8. The standard InChI is InChI=1S/C28H38ClN/c29-27-19-21(8-4-5-12-30-13-11-20-6-2-1-3-7-20)9-10-26(27)28-24-15-22-14-23(17-24)18-25(28)16-22/h9-10,19-20,22-25,28,30H,1-3,5-7,11-18H2. The molecule has 30 heavy (non-hydrogen) atoms. The highest BCUT2D eigenvalue weighted by atomic mass is 35.5. The molecule has 5 aliphatic carbocycles. The van der Waals surface area contributed by atoms with Crippen LogP contribution in [0.3, 0.4) is 0 Å². The Morgan fingerprint density at radius 1 is 0.900 bits per heavy atom. The summed E-state index contributed by atoms with van der Waals surface area (Å²) >= 11 is 6.80. The average Bonchev–Trinajstić information content (AvgIpc) is 2.74. The van der Waals surface area contributed by atoms with E-state index in [2.05, 4.69) is 35.4 Å². The van der Waals surface area contributed by atoms with Gasteiger partial charge < -0.3 is 5.32 Å². The summed E-state index contributed by atoms with van der Waals surface area (Å²) in [7, 11) is 0. The second-order valence-corrected chi connectivity index (χ2v) is 11.2. The molecule has 2 heteroatoms. The van der Waals surface area contributed by atoms with Crippen LogP contribution in [0.4, 0.5) is 0 Å². The van der Waals surface area contributed by atoms with Crippen LogP contribution in [0.5, 0.6) is 0 Å². The van der Waals surface area contributed by atoms with Crippen LogP contribution in [-0.4, -0.2) is 13.1 Å². The van der Waals surface area contributed by atoms with E-state index in [-0.39, 0.29) is 0 Å². The van der Waals surface area contributed by atoms with Crippen molar-refractivity contribution in [2.45, 2.75) is 83.0 Å². The van der Waals surface area contributed by atoms with Crippen LogP contribution in [0.25, 0.3) is 0 Å². The first-order chi connectivity index (χ1) is 14.8. The Morgan fingerprint density at radius 2 is 1.63 bits per heavy atom.